The van der Waals surface area contributed by atoms with Gasteiger partial charge in [0.1, 0.15) is 5.75 Å². The maximum absolute atomic E-state index is 12.1. The van der Waals surface area contributed by atoms with Gasteiger partial charge in [-0.3, -0.25) is 9.59 Å². The largest absolute Gasteiger partial charge is 0.508 e. The number of carbonyl (C=O) groups is 2. The van der Waals surface area contributed by atoms with E-state index >= 15 is 0 Å². The van der Waals surface area contributed by atoms with E-state index in [2.05, 4.69) is 5.32 Å². The minimum Gasteiger partial charge on any atom is -0.508 e. The Labute approximate surface area is 137 Å². The molecule has 1 aromatic rings. The van der Waals surface area contributed by atoms with Crippen LogP contribution in [-0.4, -0.2) is 29.1 Å². The van der Waals surface area contributed by atoms with Gasteiger partial charge < -0.3 is 15.2 Å². The van der Waals surface area contributed by atoms with Crippen LogP contribution in [0.2, 0.25) is 0 Å². The van der Waals surface area contributed by atoms with Crippen LogP contribution in [0.3, 0.4) is 0 Å². The molecule has 1 aromatic carbocycles. The molecule has 1 saturated carbocycles. The Balaban J connectivity index is 1.77. The number of phenolic OH excluding ortho intramolecular Hbond substituents is 1. The van der Waals surface area contributed by atoms with E-state index in [-0.39, 0.29) is 24.1 Å². The van der Waals surface area contributed by atoms with Crippen molar-refractivity contribution < 1.29 is 19.4 Å². The zero-order chi connectivity index (χ0) is 16.7. The van der Waals surface area contributed by atoms with E-state index in [1.165, 1.54) is 25.0 Å². The summed E-state index contributed by atoms with van der Waals surface area (Å²) in [6.07, 6.45) is 6.02. The molecule has 0 spiro atoms. The predicted molar refractivity (Wildman–Crippen MR) is 87.0 cm³/mol. The first kappa shape index (κ1) is 17.3. The lowest BCUT2D eigenvalue weighted by atomic mass is 10.1. The van der Waals surface area contributed by atoms with Gasteiger partial charge in [0, 0.05) is 6.04 Å². The zero-order valence-corrected chi connectivity index (χ0v) is 13.6. The van der Waals surface area contributed by atoms with Gasteiger partial charge in [-0.25, -0.2) is 0 Å². The Hall–Kier alpha value is -2.04. The monoisotopic (exact) mass is 319 g/mol. The summed E-state index contributed by atoms with van der Waals surface area (Å²) < 4.78 is 5.21. The SMILES string of the molecule is C[C@H](OC(=O)Cc1ccc(O)cc1)C(=O)NC1CCCCCC1. The lowest BCUT2D eigenvalue weighted by Crippen LogP contribution is -2.42. The number of phenols is 1. The molecule has 2 rings (SSSR count). The fourth-order valence-electron chi connectivity index (χ4n) is 2.82. The topological polar surface area (TPSA) is 75.6 Å². The number of benzene rings is 1. The first-order valence-electron chi connectivity index (χ1n) is 8.32. The van der Waals surface area contributed by atoms with E-state index in [1.807, 2.05) is 0 Å². The molecule has 2 N–H and O–H groups in total. The molecule has 1 atom stereocenters. The maximum Gasteiger partial charge on any atom is 0.311 e. The third-order valence-corrected chi connectivity index (χ3v) is 4.16. The normalized spacial score (nSPS) is 17.1. The van der Waals surface area contributed by atoms with E-state index in [9.17, 15) is 14.7 Å². The molecule has 0 radical (unpaired) electrons. The van der Waals surface area contributed by atoms with Crippen LogP contribution in [0, 0.1) is 0 Å². The lowest BCUT2D eigenvalue weighted by molar-refractivity contribution is -0.154. The van der Waals surface area contributed by atoms with Crippen LogP contribution in [-0.2, 0) is 20.7 Å². The smallest absolute Gasteiger partial charge is 0.311 e. The second kappa shape index (κ2) is 8.56. The number of hydrogen-bond acceptors (Lipinski definition) is 4. The van der Waals surface area contributed by atoms with Gasteiger partial charge >= 0.3 is 5.97 Å². The highest BCUT2D eigenvalue weighted by atomic mass is 16.5. The molecule has 0 aliphatic heterocycles. The van der Waals surface area contributed by atoms with Crippen LogP contribution in [0.1, 0.15) is 51.0 Å². The molecule has 0 aromatic heterocycles. The molecule has 0 unspecified atom stereocenters. The number of esters is 1. The van der Waals surface area contributed by atoms with Crippen molar-refractivity contribution in [3.05, 3.63) is 29.8 Å². The Morgan fingerprint density at radius 1 is 1.17 bits per heavy atom. The van der Waals surface area contributed by atoms with Gasteiger partial charge in [0.05, 0.1) is 6.42 Å². The van der Waals surface area contributed by atoms with Crippen molar-refractivity contribution in [2.45, 2.75) is 64.0 Å². The summed E-state index contributed by atoms with van der Waals surface area (Å²) >= 11 is 0. The molecule has 0 saturated heterocycles. The molecule has 23 heavy (non-hydrogen) atoms. The summed E-state index contributed by atoms with van der Waals surface area (Å²) in [7, 11) is 0. The summed E-state index contributed by atoms with van der Waals surface area (Å²) in [5.74, 6) is -0.520. The first-order valence-corrected chi connectivity index (χ1v) is 8.32. The van der Waals surface area contributed by atoms with Gasteiger partial charge in [0.15, 0.2) is 6.10 Å². The van der Waals surface area contributed by atoms with Crippen molar-refractivity contribution in [1.82, 2.24) is 5.32 Å². The molecule has 0 heterocycles. The Kier molecular flexibility index (Phi) is 6.44. The van der Waals surface area contributed by atoms with Gasteiger partial charge in [0.25, 0.3) is 5.91 Å². The molecule has 126 valence electrons. The van der Waals surface area contributed by atoms with Gasteiger partial charge in [0.2, 0.25) is 0 Å². The fraction of sp³-hybridized carbons (Fsp3) is 0.556. The second-order valence-corrected chi connectivity index (χ2v) is 6.17. The third kappa shape index (κ3) is 5.93. The molecular weight excluding hydrogens is 294 g/mol. The van der Waals surface area contributed by atoms with E-state index in [0.717, 1.165) is 31.2 Å². The standard InChI is InChI=1S/C18H25NO4/c1-13(18(22)19-15-6-4-2-3-5-7-15)23-17(21)12-14-8-10-16(20)11-9-14/h8-11,13,15,20H,2-7,12H2,1H3,(H,19,22)/t13-/m0/s1. The number of hydrogen-bond donors (Lipinski definition) is 2. The zero-order valence-electron chi connectivity index (χ0n) is 13.6. The Bertz CT molecular complexity index is 518. The molecule has 1 fully saturated rings. The molecule has 1 aliphatic carbocycles. The van der Waals surface area contributed by atoms with Crippen molar-refractivity contribution in [1.29, 1.82) is 0 Å². The fourth-order valence-corrected chi connectivity index (χ4v) is 2.82. The number of carbonyl (C=O) groups excluding carboxylic acids is 2. The van der Waals surface area contributed by atoms with Crippen LogP contribution < -0.4 is 5.32 Å². The minimum atomic E-state index is -0.789. The van der Waals surface area contributed by atoms with Gasteiger partial charge in [-0.2, -0.15) is 0 Å². The number of rotatable bonds is 5. The first-order chi connectivity index (χ1) is 11.0. The average molecular weight is 319 g/mol. The Morgan fingerprint density at radius 3 is 2.39 bits per heavy atom. The molecule has 1 aliphatic rings. The van der Waals surface area contributed by atoms with E-state index in [0.29, 0.717) is 0 Å². The number of aromatic hydroxyl groups is 1. The van der Waals surface area contributed by atoms with Crippen molar-refractivity contribution >= 4 is 11.9 Å². The summed E-state index contributed by atoms with van der Waals surface area (Å²) in [6.45, 7) is 1.60. The summed E-state index contributed by atoms with van der Waals surface area (Å²) in [5, 5.41) is 12.2. The third-order valence-electron chi connectivity index (χ3n) is 4.16. The van der Waals surface area contributed by atoms with Gasteiger partial charge in [-0.15, -0.1) is 0 Å². The van der Waals surface area contributed by atoms with E-state index in [1.54, 1.807) is 19.1 Å². The predicted octanol–water partition coefficient (Wildman–Crippen LogP) is 2.71. The summed E-state index contributed by atoms with van der Waals surface area (Å²) in [5.41, 5.74) is 0.740. The number of amides is 1. The molecule has 1 amide bonds. The lowest BCUT2D eigenvalue weighted by Gasteiger charge is -2.19. The van der Waals surface area contributed by atoms with Crippen molar-refractivity contribution in [2.24, 2.45) is 0 Å². The maximum atomic E-state index is 12.1. The molecule has 5 heteroatoms. The molecule has 0 bridgehead atoms. The van der Waals surface area contributed by atoms with Gasteiger partial charge in [-0.1, -0.05) is 37.8 Å². The highest BCUT2D eigenvalue weighted by Gasteiger charge is 2.21. The van der Waals surface area contributed by atoms with Crippen LogP contribution in [0.4, 0.5) is 0 Å². The van der Waals surface area contributed by atoms with Crippen molar-refractivity contribution in [3.8, 4) is 5.75 Å². The molecule has 5 nitrogen and oxygen atoms in total. The highest BCUT2D eigenvalue weighted by molar-refractivity contribution is 5.84. The van der Waals surface area contributed by atoms with E-state index in [4.69, 9.17) is 4.74 Å². The van der Waals surface area contributed by atoms with Crippen molar-refractivity contribution in [2.75, 3.05) is 0 Å². The highest BCUT2D eigenvalue weighted by Crippen LogP contribution is 2.17. The number of nitrogens with one attached hydrogen (secondary N) is 1. The number of ether oxygens (including phenoxy) is 1. The summed E-state index contributed by atoms with van der Waals surface area (Å²) in [4.78, 5) is 24.0. The van der Waals surface area contributed by atoms with Crippen LogP contribution in [0.25, 0.3) is 0 Å². The van der Waals surface area contributed by atoms with Crippen LogP contribution >= 0.6 is 0 Å². The summed E-state index contributed by atoms with van der Waals surface area (Å²) in [6, 6.07) is 6.55. The van der Waals surface area contributed by atoms with Crippen molar-refractivity contribution in [3.63, 3.8) is 0 Å². The van der Waals surface area contributed by atoms with Crippen LogP contribution in [0.15, 0.2) is 24.3 Å². The van der Waals surface area contributed by atoms with Gasteiger partial charge in [-0.05, 0) is 37.5 Å². The van der Waals surface area contributed by atoms with Crippen LogP contribution in [0.5, 0.6) is 5.75 Å². The van der Waals surface area contributed by atoms with E-state index < -0.39 is 12.1 Å². The minimum absolute atomic E-state index is 0.0847. The average Bonchev–Trinajstić information content (AvgIpc) is 2.78. The quantitative estimate of drug-likeness (QED) is 0.646. The molecular formula is C18H25NO4. The second-order valence-electron chi connectivity index (χ2n) is 6.17. The Morgan fingerprint density at radius 2 is 1.78 bits per heavy atom.